The number of oxazole rings is 1. The highest BCUT2D eigenvalue weighted by atomic mass is 79.9. The van der Waals surface area contributed by atoms with E-state index in [1.165, 1.54) is 13.2 Å². The largest absolute Gasteiger partial charge is 0.496 e. The first-order chi connectivity index (χ1) is 10.1. The van der Waals surface area contributed by atoms with Gasteiger partial charge in [-0.25, -0.2) is 9.18 Å². The number of H-pyrrole nitrogens is 1. The molecule has 1 heterocycles. The summed E-state index contributed by atoms with van der Waals surface area (Å²) in [5, 5.41) is 0. The van der Waals surface area contributed by atoms with E-state index < -0.39 is 10.6 Å². The number of benzene rings is 2. The second-order valence-corrected chi connectivity index (χ2v) is 5.40. The summed E-state index contributed by atoms with van der Waals surface area (Å²) in [6.45, 7) is 0. The smallest absolute Gasteiger partial charge is 0.417 e. The number of alkyl halides is 1. The number of rotatable bonds is 3. The Morgan fingerprint density at radius 2 is 2.14 bits per heavy atom. The molecule has 0 radical (unpaired) electrons. The zero-order valence-corrected chi connectivity index (χ0v) is 12.6. The number of nitrogens with one attached hydrogen (secondary N) is 1. The Morgan fingerprint density at radius 3 is 2.90 bits per heavy atom. The molecule has 1 unspecified atom stereocenters. The van der Waals surface area contributed by atoms with Crippen LogP contribution in [0.2, 0.25) is 0 Å². The Hall–Kier alpha value is -2.08. The molecule has 0 saturated carbocycles. The summed E-state index contributed by atoms with van der Waals surface area (Å²) >= 11 is 3.48. The third-order valence-electron chi connectivity index (χ3n) is 3.22. The second kappa shape index (κ2) is 5.37. The first-order valence-corrected chi connectivity index (χ1v) is 7.11. The van der Waals surface area contributed by atoms with Crippen LogP contribution in [-0.4, -0.2) is 12.1 Å². The number of hydrogen-bond donors (Lipinski definition) is 1. The lowest BCUT2D eigenvalue weighted by Gasteiger charge is -2.15. The van der Waals surface area contributed by atoms with E-state index in [9.17, 15) is 9.18 Å². The van der Waals surface area contributed by atoms with Crippen LogP contribution in [0.3, 0.4) is 0 Å². The molecule has 0 aliphatic carbocycles. The molecule has 3 aromatic rings. The van der Waals surface area contributed by atoms with Gasteiger partial charge in [0.2, 0.25) is 0 Å². The molecule has 4 nitrogen and oxygen atoms in total. The maximum atomic E-state index is 14.1. The summed E-state index contributed by atoms with van der Waals surface area (Å²) in [5.41, 5.74) is 2.19. The molecule has 1 aromatic heterocycles. The fraction of sp³-hybridized carbons (Fsp3) is 0.133. The van der Waals surface area contributed by atoms with Gasteiger partial charge >= 0.3 is 5.76 Å². The molecule has 0 aliphatic heterocycles. The van der Waals surface area contributed by atoms with Crippen LogP contribution >= 0.6 is 15.9 Å². The molecule has 0 fully saturated rings. The molecular formula is C15H11BrFNO3. The zero-order chi connectivity index (χ0) is 15.0. The Labute approximate surface area is 127 Å². The first kappa shape index (κ1) is 13.9. The van der Waals surface area contributed by atoms with E-state index in [0.717, 1.165) is 5.56 Å². The Balaban J connectivity index is 2.11. The van der Waals surface area contributed by atoms with Gasteiger partial charge in [0.05, 0.1) is 17.5 Å². The van der Waals surface area contributed by atoms with Gasteiger partial charge in [-0.15, -0.1) is 0 Å². The molecule has 0 bridgehead atoms. The van der Waals surface area contributed by atoms with E-state index in [0.29, 0.717) is 22.4 Å². The standard InChI is InChI=1S/C15H11BrFNO3/c1-20-11-4-2-3-9(17)13(11)14(16)8-5-6-10-12(7-8)21-15(19)18-10/h2-7,14H,1H3,(H,18,19). The van der Waals surface area contributed by atoms with Crippen molar-refractivity contribution in [3.05, 3.63) is 63.9 Å². The monoisotopic (exact) mass is 351 g/mol. The van der Waals surface area contributed by atoms with Crippen molar-refractivity contribution in [2.45, 2.75) is 4.83 Å². The van der Waals surface area contributed by atoms with Crippen LogP contribution in [0.15, 0.2) is 45.6 Å². The van der Waals surface area contributed by atoms with Crippen LogP contribution in [0.4, 0.5) is 4.39 Å². The minimum absolute atomic E-state index is 0.369. The van der Waals surface area contributed by atoms with Crippen molar-refractivity contribution < 1.29 is 13.5 Å². The van der Waals surface area contributed by atoms with Crippen LogP contribution in [0, 0.1) is 5.82 Å². The second-order valence-electron chi connectivity index (χ2n) is 4.49. The summed E-state index contributed by atoms with van der Waals surface area (Å²) in [6.07, 6.45) is 0. The van der Waals surface area contributed by atoms with Crippen molar-refractivity contribution in [1.29, 1.82) is 0 Å². The van der Waals surface area contributed by atoms with E-state index in [-0.39, 0.29) is 5.82 Å². The Bertz CT molecular complexity index is 855. The number of methoxy groups -OCH3 is 1. The van der Waals surface area contributed by atoms with Gasteiger partial charge in [0.1, 0.15) is 11.6 Å². The molecule has 21 heavy (non-hydrogen) atoms. The molecule has 3 rings (SSSR count). The minimum atomic E-state index is -0.517. The van der Waals surface area contributed by atoms with Crippen molar-refractivity contribution in [1.82, 2.24) is 4.98 Å². The Kier molecular flexibility index (Phi) is 3.55. The van der Waals surface area contributed by atoms with Gasteiger partial charge in [0.15, 0.2) is 5.58 Å². The van der Waals surface area contributed by atoms with Crippen LogP contribution in [0.25, 0.3) is 11.1 Å². The lowest BCUT2D eigenvalue weighted by atomic mass is 10.0. The molecule has 1 atom stereocenters. The van der Waals surface area contributed by atoms with Crippen LogP contribution in [-0.2, 0) is 0 Å². The van der Waals surface area contributed by atoms with Crippen molar-refractivity contribution in [3.63, 3.8) is 0 Å². The predicted octanol–water partition coefficient (Wildman–Crippen LogP) is 3.75. The van der Waals surface area contributed by atoms with Crippen molar-refractivity contribution in [3.8, 4) is 5.75 Å². The molecule has 0 spiro atoms. The highest BCUT2D eigenvalue weighted by molar-refractivity contribution is 9.09. The topological polar surface area (TPSA) is 55.2 Å². The highest BCUT2D eigenvalue weighted by Crippen LogP contribution is 2.38. The summed E-state index contributed by atoms with van der Waals surface area (Å²) in [5.74, 6) is -0.434. The van der Waals surface area contributed by atoms with E-state index in [1.54, 1.807) is 30.3 Å². The zero-order valence-electron chi connectivity index (χ0n) is 11.0. The number of aromatic amines is 1. The summed E-state index contributed by atoms with van der Waals surface area (Å²) in [6, 6.07) is 9.86. The van der Waals surface area contributed by atoms with Gasteiger partial charge < -0.3 is 9.15 Å². The third-order valence-corrected chi connectivity index (χ3v) is 4.21. The molecular weight excluding hydrogens is 341 g/mol. The maximum absolute atomic E-state index is 14.1. The number of halogens is 2. The van der Waals surface area contributed by atoms with E-state index in [1.807, 2.05) is 0 Å². The first-order valence-electron chi connectivity index (χ1n) is 6.19. The summed E-state index contributed by atoms with van der Waals surface area (Å²) in [7, 11) is 1.49. The summed E-state index contributed by atoms with van der Waals surface area (Å²) < 4.78 is 24.3. The minimum Gasteiger partial charge on any atom is -0.496 e. The average molecular weight is 352 g/mol. The SMILES string of the molecule is COc1cccc(F)c1C(Br)c1ccc2[nH]c(=O)oc2c1. The van der Waals surface area contributed by atoms with Crippen molar-refractivity contribution >= 4 is 27.0 Å². The third kappa shape index (κ3) is 2.47. The molecule has 1 N–H and O–H groups in total. The van der Waals surface area contributed by atoms with E-state index in [4.69, 9.17) is 9.15 Å². The predicted molar refractivity (Wildman–Crippen MR) is 80.6 cm³/mol. The fourth-order valence-corrected chi connectivity index (χ4v) is 2.96. The normalized spacial score (nSPS) is 12.5. The van der Waals surface area contributed by atoms with Crippen LogP contribution in [0.1, 0.15) is 16.0 Å². The molecule has 0 aliphatic rings. The highest BCUT2D eigenvalue weighted by Gasteiger charge is 2.20. The number of ether oxygens (including phenoxy) is 1. The van der Waals surface area contributed by atoms with Crippen LogP contribution < -0.4 is 10.5 Å². The molecule has 108 valence electrons. The molecule has 2 aromatic carbocycles. The fourth-order valence-electron chi connectivity index (χ4n) is 2.23. The average Bonchev–Trinajstić information content (AvgIpc) is 2.85. The molecule has 6 heteroatoms. The van der Waals surface area contributed by atoms with Crippen molar-refractivity contribution in [2.75, 3.05) is 7.11 Å². The quantitative estimate of drug-likeness (QED) is 0.731. The maximum Gasteiger partial charge on any atom is 0.417 e. The number of hydrogen-bond acceptors (Lipinski definition) is 3. The van der Waals surface area contributed by atoms with Gasteiger partial charge in [-0.05, 0) is 29.8 Å². The Morgan fingerprint density at radius 1 is 1.33 bits per heavy atom. The number of aromatic nitrogens is 1. The van der Waals surface area contributed by atoms with Gasteiger partial charge in [0, 0.05) is 5.56 Å². The van der Waals surface area contributed by atoms with Gasteiger partial charge in [-0.2, -0.15) is 0 Å². The van der Waals surface area contributed by atoms with Crippen LogP contribution in [0.5, 0.6) is 5.75 Å². The molecule has 0 saturated heterocycles. The molecule has 0 amide bonds. The number of fused-ring (bicyclic) bond motifs is 1. The summed E-state index contributed by atoms with van der Waals surface area (Å²) in [4.78, 5) is 13.3. The van der Waals surface area contributed by atoms with Crippen molar-refractivity contribution in [2.24, 2.45) is 0 Å². The van der Waals surface area contributed by atoms with Gasteiger partial charge in [-0.3, -0.25) is 4.98 Å². The van der Waals surface area contributed by atoms with Gasteiger partial charge in [-0.1, -0.05) is 28.1 Å². The lowest BCUT2D eigenvalue weighted by Crippen LogP contribution is -2.00. The van der Waals surface area contributed by atoms with E-state index in [2.05, 4.69) is 20.9 Å². The lowest BCUT2D eigenvalue weighted by molar-refractivity contribution is 0.405. The van der Waals surface area contributed by atoms with Gasteiger partial charge in [0.25, 0.3) is 0 Å². The van der Waals surface area contributed by atoms with E-state index >= 15 is 0 Å².